The molecule has 1 amide bonds. The number of ether oxygens (including phenoxy) is 1. The van der Waals surface area contributed by atoms with Crippen LogP contribution in [0.5, 0.6) is 0 Å². The van der Waals surface area contributed by atoms with Crippen molar-refractivity contribution in [1.82, 2.24) is 9.88 Å². The number of carbonyl (C=O) groups excluding carboxylic acids is 1. The smallest absolute Gasteiger partial charge is 0.267 e. The summed E-state index contributed by atoms with van der Waals surface area (Å²) in [5.41, 5.74) is 5.84. The second-order valence-corrected chi connectivity index (χ2v) is 6.78. The fourth-order valence-electron chi connectivity index (χ4n) is 1.80. The molecule has 1 fully saturated rings. The number of carbonyl (C=O) groups is 1. The van der Waals surface area contributed by atoms with Gasteiger partial charge in [0.15, 0.2) is 5.13 Å². The van der Waals surface area contributed by atoms with Gasteiger partial charge in [0.25, 0.3) is 5.91 Å². The first-order valence-electron chi connectivity index (χ1n) is 7.33. The molecule has 0 atom stereocenters. The number of amides is 1. The van der Waals surface area contributed by atoms with Gasteiger partial charge in [0.05, 0.1) is 6.61 Å². The first kappa shape index (κ1) is 16.0. The molecule has 1 aliphatic rings. The summed E-state index contributed by atoms with van der Waals surface area (Å²) in [6, 6.07) is 0.257. The number of thiazole rings is 1. The standard InChI is InChI=1S/C14H24N4O2S/c1-9(2)16-14-17-12(15)11(21-14)13(19)18(3)6-7-20-8-10-4-5-10/h9-10H,4-8,15H2,1-3H3,(H,16,17). The Morgan fingerprint density at radius 2 is 2.29 bits per heavy atom. The van der Waals surface area contributed by atoms with E-state index in [1.165, 1.54) is 24.2 Å². The first-order chi connectivity index (χ1) is 9.97. The number of anilines is 2. The van der Waals surface area contributed by atoms with Crippen molar-refractivity contribution in [2.24, 2.45) is 5.92 Å². The van der Waals surface area contributed by atoms with Crippen LogP contribution in [0.3, 0.4) is 0 Å². The van der Waals surface area contributed by atoms with Gasteiger partial charge in [-0.2, -0.15) is 0 Å². The summed E-state index contributed by atoms with van der Waals surface area (Å²) in [5.74, 6) is 0.934. The van der Waals surface area contributed by atoms with Gasteiger partial charge in [0, 0.05) is 26.2 Å². The highest BCUT2D eigenvalue weighted by Gasteiger charge is 2.22. The van der Waals surface area contributed by atoms with Gasteiger partial charge in [-0.3, -0.25) is 4.79 Å². The average Bonchev–Trinajstić information content (AvgIpc) is 3.16. The van der Waals surface area contributed by atoms with Gasteiger partial charge < -0.3 is 20.7 Å². The molecule has 1 aromatic heterocycles. The van der Waals surface area contributed by atoms with E-state index in [0.717, 1.165) is 12.5 Å². The summed E-state index contributed by atoms with van der Waals surface area (Å²) in [4.78, 5) is 18.7. The van der Waals surface area contributed by atoms with Crippen molar-refractivity contribution in [2.75, 3.05) is 37.9 Å². The lowest BCUT2D eigenvalue weighted by atomic mass is 10.4. The van der Waals surface area contributed by atoms with Crippen molar-refractivity contribution in [3.8, 4) is 0 Å². The van der Waals surface area contributed by atoms with Gasteiger partial charge >= 0.3 is 0 Å². The maximum atomic E-state index is 12.3. The van der Waals surface area contributed by atoms with Crippen LogP contribution in [0.15, 0.2) is 0 Å². The Morgan fingerprint density at radius 3 is 2.90 bits per heavy atom. The number of nitrogens with zero attached hydrogens (tertiary/aromatic N) is 2. The van der Waals surface area contributed by atoms with E-state index in [4.69, 9.17) is 10.5 Å². The molecule has 0 unspecified atom stereocenters. The Hall–Kier alpha value is -1.34. The zero-order chi connectivity index (χ0) is 15.4. The van der Waals surface area contributed by atoms with E-state index in [2.05, 4.69) is 10.3 Å². The van der Waals surface area contributed by atoms with E-state index in [1.807, 2.05) is 13.8 Å². The molecule has 2 rings (SSSR count). The van der Waals surface area contributed by atoms with Crippen LogP contribution in [0, 0.1) is 5.92 Å². The van der Waals surface area contributed by atoms with Crippen LogP contribution in [0.4, 0.5) is 10.9 Å². The Bertz CT molecular complexity index is 485. The fourth-order valence-corrected chi connectivity index (χ4v) is 2.83. The minimum atomic E-state index is -0.100. The number of nitrogens with two attached hydrogens (primary N) is 1. The molecule has 3 N–H and O–H groups in total. The fraction of sp³-hybridized carbons (Fsp3) is 0.714. The number of likely N-dealkylation sites (N-methyl/N-ethyl adjacent to an activating group) is 1. The van der Waals surface area contributed by atoms with E-state index < -0.39 is 0 Å². The van der Waals surface area contributed by atoms with Crippen LogP contribution in [0.25, 0.3) is 0 Å². The molecule has 0 spiro atoms. The average molecular weight is 312 g/mol. The minimum absolute atomic E-state index is 0.100. The predicted molar refractivity (Wildman–Crippen MR) is 85.8 cm³/mol. The zero-order valence-corrected chi connectivity index (χ0v) is 13.7. The number of nitrogens with one attached hydrogen (secondary N) is 1. The van der Waals surface area contributed by atoms with Crippen LogP contribution >= 0.6 is 11.3 Å². The first-order valence-corrected chi connectivity index (χ1v) is 8.15. The van der Waals surface area contributed by atoms with E-state index in [0.29, 0.717) is 29.0 Å². The molecule has 118 valence electrons. The number of hydrogen-bond donors (Lipinski definition) is 2. The van der Waals surface area contributed by atoms with Crippen molar-refractivity contribution in [3.63, 3.8) is 0 Å². The number of aromatic nitrogens is 1. The topological polar surface area (TPSA) is 80.5 Å². The molecular weight excluding hydrogens is 288 g/mol. The van der Waals surface area contributed by atoms with E-state index >= 15 is 0 Å². The van der Waals surface area contributed by atoms with Crippen LogP contribution in [0.2, 0.25) is 0 Å². The summed E-state index contributed by atoms with van der Waals surface area (Å²) in [7, 11) is 1.76. The van der Waals surface area contributed by atoms with Crippen LogP contribution in [0.1, 0.15) is 36.4 Å². The van der Waals surface area contributed by atoms with Gasteiger partial charge in [-0.15, -0.1) is 0 Å². The van der Waals surface area contributed by atoms with E-state index in [-0.39, 0.29) is 11.9 Å². The Kier molecular flexibility index (Phi) is 5.41. The maximum absolute atomic E-state index is 12.3. The molecule has 1 aromatic rings. The monoisotopic (exact) mass is 312 g/mol. The highest BCUT2D eigenvalue weighted by atomic mass is 32.1. The largest absolute Gasteiger partial charge is 0.382 e. The van der Waals surface area contributed by atoms with E-state index in [9.17, 15) is 4.79 Å². The van der Waals surface area contributed by atoms with Crippen molar-refractivity contribution >= 4 is 28.2 Å². The van der Waals surface area contributed by atoms with E-state index in [1.54, 1.807) is 11.9 Å². The van der Waals surface area contributed by atoms with Crippen LogP contribution in [-0.2, 0) is 4.74 Å². The molecule has 1 aliphatic carbocycles. The summed E-state index contributed by atoms with van der Waals surface area (Å²) in [6.45, 7) is 5.97. The highest BCUT2D eigenvalue weighted by Crippen LogP contribution is 2.29. The second kappa shape index (κ2) is 7.09. The lowest BCUT2D eigenvalue weighted by Crippen LogP contribution is -2.30. The molecule has 0 aromatic carbocycles. The lowest BCUT2D eigenvalue weighted by Gasteiger charge is -2.16. The molecule has 0 saturated heterocycles. The third-order valence-corrected chi connectivity index (χ3v) is 4.22. The molecule has 6 nitrogen and oxygen atoms in total. The normalized spacial score (nSPS) is 14.5. The van der Waals surface area contributed by atoms with Gasteiger partial charge in [0.1, 0.15) is 10.7 Å². The summed E-state index contributed by atoms with van der Waals surface area (Å²) < 4.78 is 5.55. The Labute approximate surface area is 129 Å². The van der Waals surface area contributed by atoms with Gasteiger partial charge in [0.2, 0.25) is 0 Å². The minimum Gasteiger partial charge on any atom is -0.382 e. The van der Waals surface area contributed by atoms with Crippen molar-refractivity contribution in [3.05, 3.63) is 4.88 Å². The number of rotatable bonds is 8. The predicted octanol–water partition coefficient (Wildman–Crippen LogP) is 2.04. The van der Waals surface area contributed by atoms with Crippen molar-refractivity contribution < 1.29 is 9.53 Å². The maximum Gasteiger partial charge on any atom is 0.267 e. The third-order valence-electron chi connectivity index (χ3n) is 3.23. The van der Waals surface area contributed by atoms with Gasteiger partial charge in [-0.05, 0) is 32.6 Å². The SMILES string of the molecule is CC(C)Nc1nc(N)c(C(=O)N(C)CCOCC2CC2)s1. The molecule has 1 heterocycles. The molecular formula is C14H24N4O2S. The van der Waals surface area contributed by atoms with Gasteiger partial charge in [-0.1, -0.05) is 11.3 Å². The van der Waals surface area contributed by atoms with Crippen LogP contribution in [-0.4, -0.2) is 48.6 Å². The number of hydrogen-bond acceptors (Lipinski definition) is 6. The Balaban J connectivity index is 1.83. The molecule has 21 heavy (non-hydrogen) atoms. The second-order valence-electron chi connectivity index (χ2n) is 5.78. The molecule has 0 aliphatic heterocycles. The van der Waals surface area contributed by atoms with Gasteiger partial charge in [-0.25, -0.2) is 4.98 Å². The number of nitrogen functional groups attached to an aromatic ring is 1. The summed E-state index contributed by atoms with van der Waals surface area (Å²) >= 11 is 1.30. The third kappa shape index (κ3) is 4.86. The van der Waals surface area contributed by atoms with Crippen molar-refractivity contribution in [2.45, 2.75) is 32.7 Å². The molecule has 0 bridgehead atoms. The molecule has 1 saturated carbocycles. The summed E-state index contributed by atoms with van der Waals surface area (Å²) in [5, 5.41) is 3.85. The molecule has 7 heteroatoms. The highest BCUT2D eigenvalue weighted by molar-refractivity contribution is 7.18. The Morgan fingerprint density at radius 1 is 1.57 bits per heavy atom. The lowest BCUT2D eigenvalue weighted by molar-refractivity contribution is 0.0686. The zero-order valence-electron chi connectivity index (χ0n) is 12.9. The quantitative estimate of drug-likeness (QED) is 0.718. The van der Waals surface area contributed by atoms with Crippen LogP contribution < -0.4 is 11.1 Å². The van der Waals surface area contributed by atoms with Crippen molar-refractivity contribution in [1.29, 1.82) is 0 Å². The summed E-state index contributed by atoms with van der Waals surface area (Å²) in [6.07, 6.45) is 2.55. The molecule has 0 radical (unpaired) electrons.